The van der Waals surface area contributed by atoms with Gasteiger partial charge in [-0.25, -0.2) is 9.97 Å². The summed E-state index contributed by atoms with van der Waals surface area (Å²) in [4.78, 5) is 13.9. The molecule has 0 atom stereocenters. The highest BCUT2D eigenvalue weighted by atomic mass is 16.5. The Bertz CT molecular complexity index is 943. The molecule has 1 saturated carbocycles. The third kappa shape index (κ3) is 3.37. The van der Waals surface area contributed by atoms with Crippen molar-refractivity contribution in [2.75, 3.05) is 25.0 Å². The first-order valence-corrected chi connectivity index (χ1v) is 10.4. The number of anilines is 1. The van der Waals surface area contributed by atoms with Crippen LogP contribution in [-0.2, 0) is 6.54 Å². The molecular weight excluding hydrogens is 350 g/mol. The van der Waals surface area contributed by atoms with Crippen molar-refractivity contribution >= 4 is 16.8 Å². The van der Waals surface area contributed by atoms with Gasteiger partial charge in [0.1, 0.15) is 17.8 Å². The molecule has 3 aromatic rings. The molecule has 3 heterocycles. The first-order valence-electron chi connectivity index (χ1n) is 10.4. The molecule has 0 unspecified atom stereocenters. The van der Waals surface area contributed by atoms with Gasteiger partial charge in [0, 0.05) is 48.7 Å². The summed E-state index contributed by atoms with van der Waals surface area (Å²) in [5.41, 5.74) is 3.13. The number of aromatic nitrogens is 3. The Hall–Kier alpha value is -2.47. The van der Waals surface area contributed by atoms with E-state index < -0.39 is 0 Å². The maximum absolute atomic E-state index is 5.46. The summed E-state index contributed by atoms with van der Waals surface area (Å²) in [6.45, 7) is 2.90. The van der Waals surface area contributed by atoms with Crippen LogP contribution in [-0.4, -0.2) is 46.2 Å². The van der Waals surface area contributed by atoms with Crippen molar-refractivity contribution in [1.82, 2.24) is 20.0 Å². The summed E-state index contributed by atoms with van der Waals surface area (Å²) in [5.74, 6) is 1.75. The number of hydrogen-bond acceptors (Lipinski definition) is 6. The summed E-state index contributed by atoms with van der Waals surface area (Å²) >= 11 is 0. The van der Waals surface area contributed by atoms with Crippen LogP contribution in [0.1, 0.15) is 49.4 Å². The van der Waals surface area contributed by atoms with Gasteiger partial charge in [-0.3, -0.25) is 4.90 Å². The van der Waals surface area contributed by atoms with Gasteiger partial charge in [-0.1, -0.05) is 23.7 Å². The Morgan fingerprint density at radius 3 is 2.71 bits per heavy atom. The summed E-state index contributed by atoms with van der Waals surface area (Å²) in [7, 11) is 2.20. The third-order valence-electron chi connectivity index (χ3n) is 6.46. The van der Waals surface area contributed by atoms with Crippen LogP contribution in [0.2, 0.25) is 0 Å². The number of para-hydroxylation sites is 1. The average Bonchev–Trinajstić information content (AvgIpc) is 3.10. The Kier molecular flexibility index (Phi) is 4.72. The van der Waals surface area contributed by atoms with Crippen LogP contribution in [0.3, 0.4) is 0 Å². The molecule has 0 amide bonds. The molecule has 0 radical (unpaired) electrons. The van der Waals surface area contributed by atoms with Crippen LogP contribution >= 0.6 is 0 Å². The minimum absolute atomic E-state index is 0.555. The molecule has 1 saturated heterocycles. The van der Waals surface area contributed by atoms with E-state index in [1.165, 1.54) is 25.0 Å². The van der Waals surface area contributed by atoms with Crippen molar-refractivity contribution in [3.63, 3.8) is 0 Å². The first kappa shape index (κ1) is 17.6. The molecule has 28 heavy (non-hydrogen) atoms. The molecule has 2 aromatic heterocycles. The molecule has 2 aliphatic rings. The minimum Gasteiger partial charge on any atom is -0.356 e. The van der Waals surface area contributed by atoms with E-state index in [2.05, 4.69) is 44.1 Å². The van der Waals surface area contributed by atoms with Crippen LogP contribution < -0.4 is 4.90 Å². The second kappa shape index (κ2) is 7.51. The van der Waals surface area contributed by atoms with Gasteiger partial charge in [0.05, 0.1) is 0 Å². The fourth-order valence-electron chi connectivity index (χ4n) is 4.41. The maximum atomic E-state index is 5.46. The van der Waals surface area contributed by atoms with Gasteiger partial charge >= 0.3 is 0 Å². The van der Waals surface area contributed by atoms with E-state index in [4.69, 9.17) is 4.52 Å². The Morgan fingerprint density at radius 1 is 1.11 bits per heavy atom. The molecular formula is C22H27N5O. The Balaban J connectivity index is 1.21. The minimum atomic E-state index is 0.555. The van der Waals surface area contributed by atoms with Crippen molar-refractivity contribution in [3.8, 4) is 0 Å². The van der Waals surface area contributed by atoms with Crippen molar-refractivity contribution < 1.29 is 4.52 Å². The molecule has 2 fully saturated rings. The predicted molar refractivity (Wildman–Crippen MR) is 109 cm³/mol. The van der Waals surface area contributed by atoms with Crippen LogP contribution in [0, 0.1) is 0 Å². The Labute approximate surface area is 165 Å². The largest absolute Gasteiger partial charge is 0.356 e. The smallest absolute Gasteiger partial charge is 0.167 e. The number of hydrogen-bond donors (Lipinski definition) is 0. The van der Waals surface area contributed by atoms with Gasteiger partial charge in [0.25, 0.3) is 0 Å². The van der Waals surface area contributed by atoms with Crippen LogP contribution in [0.25, 0.3) is 11.0 Å². The van der Waals surface area contributed by atoms with Gasteiger partial charge in [0.15, 0.2) is 5.58 Å². The molecule has 5 rings (SSSR count). The van der Waals surface area contributed by atoms with Crippen molar-refractivity contribution in [1.29, 1.82) is 0 Å². The molecule has 146 valence electrons. The maximum Gasteiger partial charge on any atom is 0.167 e. The van der Waals surface area contributed by atoms with Crippen LogP contribution in [0.5, 0.6) is 0 Å². The highest BCUT2D eigenvalue weighted by molar-refractivity contribution is 5.79. The second-order valence-corrected chi connectivity index (χ2v) is 8.19. The second-order valence-electron chi connectivity index (χ2n) is 8.19. The Morgan fingerprint density at radius 2 is 1.93 bits per heavy atom. The lowest BCUT2D eigenvalue weighted by Crippen LogP contribution is -2.43. The molecule has 6 nitrogen and oxygen atoms in total. The third-order valence-corrected chi connectivity index (χ3v) is 6.46. The lowest BCUT2D eigenvalue weighted by Gasteiger charge is -2.37. The monoisotopic (exact) mass is 377 g/mol. The predicted octanol–water partition coefficient (Wildman–Crippen LogP) is 3.99. The first-order chi connectivity index (χ1) is 13.8. The SMILES string of the molecule is CN(Cc1noc2ccccc12)C1CCN(c2cc(C3CCC3)ncn2)CC1. The topological polar surface area (TPSA) is 58.3 Å². The fourth-order valence-corrected chi connectivity index (χ4v) is 4.41. The molecule has 0 N–H and O–H groups in total. The highest BCUT2D eigenvalue weighted by Gasteiger charge is 2.26. The van der Waals surface area contributed by atoms with E-state index in [0.717, 1.165) is 55.0 Å². The van der Waals surface area contributed by atoms with E-state index in [9.17, 15) is 0 Å². The summed E-state index contributed by atoms with van der Waals surface area (Å²) in [6, 6.07) is 10.9. The molecule has 0 spiro atoms. The number of benzene rings is 1. The zero-order chi connectivity index (χ0) is 18.9. The van der Waals surface area contributed by atoms with E-state index in [1.807, 2.05) is 18.2 Å². The fraction of sp³-hybridized carbons (Fsp3) is 0.500. The van der Waals surface area contributed by atoms with E-state index >= 15 is 0 Å². The molecule has 1 aliphatic carbocycles. The molecule has 6 heteroatoms. The van der Waals surface area contributed by atoms with Crippen LogP contribution in [0.15, 0.2) is 41.2 Å². The van der Waals surface area contributed by atoms with Gasteiger partial charge in [0.2, 0.25) is 0 Å². The van der Waals surface area contributed by atoms with Gasteiger partial charge in [-0.15, -0.1) is 0 Å². The van der Waals surface area contributed by atoms with Crippen molar-refractivity contribution in [2.24, 2.45) is 0 Å². The lowest BCUT2D eigenvalue weighted by molar-refractivity contribution is 0.196. The standard InChI is InChI=1S/C22H27N5O/c1-26(14-20-18-7-2-3-8-21(18)28-25-20)17-9-11-27(12-10-17)22-13-19(23-15-24-22)16-5-4-6-16/h2-3,7-8,13,15-17H,4-6,9-12,14H2,1H3. The summed E-state index contributed by atoms with van der Waals surface area (Å²) < 4.78 is 5.46. The highest BCUT2D eigenvalue weighted by Crippen LogP contribution is 2.36. The molecule has 1 aromatic carbocycles. The number of rotatable bonds is 5. The lowest BCUT2D eigenvalue weighted by atomic mass is 9.83. The van der Waals surface area contributed by atoms with E-state index in [-0.39, 0.29) is 0 Å². The van der Waals surface area contributed by atoms with Crippen molar-refractivity contribution in [3.05, 3.63) is 48.0 Å². The normalized spacial score (nSPS) is 18.7. The van der Waals surface area contributed by atoms with Gasteiger partial charge in [-0.05, 0) is 44.9 Å². The number of nitrogens with zero attached hydrogens (tertiary/aromatic N) is 5. The average molecular weight is 377 g/mol. The van der Waals surface area contributed by atoms with E-state index in [0.29, 0.717) is 12.0 Å². The molecule has 1 aliphatic heterocycles. The van der Waals surface area contributed by atoms with Gasteiger partial charge in [-0.2, -0.15) is 0 Å². The quantitative estimate of drug-likeness (QED) is 0.670. The summed E-state index contributed by atoms with van der Waals surface area (Å²) in [6.07, 6.45) is 7.91. The number of fused-ring (bicyclic) bond motifs is 1. The van der Waals surface area contributed by atoms with Crippen molar-refractivity contribution in [2.45, 2.75) is 50.6 Å². The van der Waals surface area contributed by atoms with Crippen LogP contribution in [0.4, 0.5) is 5.82 Å². The zero-order valence-electron chi connectivity index (χ0n) is 16.4. The zero-order valence-corrected chi connectivity index (χ0v) is 16.4. The molecule has 0 bridgehead atoms. The summed E-state index contributed by atoms with van der Waals surface area (Å²) in [5, 5.41) is 5.41. The van der Waals surface area contributed by atoms with Gasteiger partial charge < -0.3 is 9.42 Å². The number of piperidine rings is 1. The van der Waals surface area contributed by atoms with E-state index in [1.54, 1.807) is 6.33 Å².